The molecule has 0 bridgehead atoms. The molecule has 16 heavy (non-hydrogen) atoms. The molecule has 1 heterocycles. The summed E-state index contributed by atoms with van der Waals surface area (Å²) in [6.07, 6.45) is 2.57. The molecule has 0 spiro atoms. The summed E-state index contributed by atoms with van der Waals surface area (Å²) in [7, 11) is 1.87. The summed E-state index contributed by atoms with van der Waals surface area (Å²) < 4.78 is 0. The Balaban J connectivity index is 2.28. The Morgan fingerprint density at radius 3 is 3.00 bits per heavy atom. The molecule has 4 nitrogen and oxygen atoms in total. The number of aromatic nitrogens is 1. The number of Topliss-reactive ketones (excluding diaryl/α,β-unsaturated/α-hetero) is 1. The number of nitriles is 1. The third-order valence-electron chi connectivity index (χ3n) is 2.20. The number of ketones is 1. The van der Waals surface area contributed by atoms with Gasteiger partial charge in [-0.05, 0) is 19.2 Å². The van der Waals surface area contributed by atoms with Crippen LogP contribution in [-0.2, 0) is 11.2 Å². The highest BCUT2D eigenvalue weighted by molar-refractivity contribution is 5.82. The standard InChI is InChI=1S/C12H15N3O/c1-15(10-12(16)5-7-13)9-6-11-4-2-3-8-14-11/h2-4,8H,5-6,9-10H2,1H3. The van der Waals surface area contributed by atoms with Gasteiger partial charge in [0.2, 0.25) is 0 Å². The molecule has 4 heteroatoms. The average Bonchev–Trinajstić information content (AvgIpc) is 2.28. The maximum Gasteiger partial charge on any atom is 0.160 e. The summed E-state index contributed by atoms with van der Waals surface area (Å²) in [6, 6.07) is 7.65. The summed E-state index contributed by atoms with van der Waals surface area (Å²) in [6.45, 7) is 1.11. The summed E-state index contributed by atoms with van der Waals surface area (Å²) in [5.41, 5.74) is 1.02. The molecule has 1 aromatic rings. The highest BCUT2D eigenvalue weighted by Crippen LogP contribution is 1.96. The molecule has 1 aromatic heterocycles. The zero-order valence-corrected chi connectivity index (χ0v) is 9.39. The molecule has 0 amide bonds. The van der Waals surface area contributed by atoms with E-state index < -0.39 is 0 Å². The number of hydrogen-bond donors (Lipinski definition) is 0. The van der Waals surface area contributed by atoms with Crippen LogP contribution in [0.1, 0.15) is 12.1 Å². The van der Waals surface area contributed by atoms with Crippen LogP contribution < -0.4 is 0 Å². The summed E-state index contributed by atoms with van der Waals surface area (Å²) in [4.78, 5) is 17.3. The molecule has 0 unspecified atom stereocenters. The zero-order chi connectivity index (χ0) is 11.8. The maximum atomic E-state index is 11.2. The van der Waals surface area contributed by atoms with Gasteiger partial charge in [-0.15, -0.1) is 0 Å². The number of pyridine rings is 1. The van der Waals surface area contributed by atoms with E-state index >= 15 is 0 Å². The van der Waals surface area contributed by atoms with Gasteiger partial charge < -0.3 is 0 Å². The first-order valence-electron chi connectivity index (χ1n) is 5.19. The highest BCUT2D eigenvalue weighted by Gasteiger charge is 2.06. The Kier molecular flexibility index (Phi) is 5.17. The molecular formula is C12H15N3O. The topological polar surface area (TPSA) is 57.0 Å². The number of likely N-dealkylation sites (N-methyl/N-ethyl adjacent to an activating group) is 1. The molecule has 0 radical (unpaired) electrons. The maximum absolute atomic E-state index is 11.2. The first kappa shape index (κ1) is 12.3. The van der Waals surface area contributed by atoms with Crippen molar-refractivity contribution in [3.8, 4) is 6.07 Å². The number of rotatable bonds is 6. The monoisotopic (exact) mass is 217 g/mol. The molecule has 84 valence electrons. The molecule has 0 atom stereocenters. The zero-order valence-electron chi connectivity index (χ0n) is 9.39. The quantitative estimate of drug-likeness (QED) is 0.714. The van der Waals surface area contributed by atoms with Gasteiger partial charge in [0.25, 0.3) is 0 Å². The van der Waals surface area contributed by atoms with E-state index in [1.165, 1.54) is 0 Å². The van der Waals surface area contributed by atoms with E-state index in [-0.39, 0.29) is 12.2 Å². The third kappa shape index (κ3) is 4.67. The molecular weight excluding hydrogens is 202 g/mol. The SMILES string of the molecule is CN(CCc1ccccn1)CC(=O)CC#N. The predicted octanol–water partition coefficient (Wildman–Crippen LogP) is 1.04. The molecule has 0 aliphatic rings. The van der Waals surface area contributed by atoms with Crippen LogP contribution in [0.4, 0.5) is 0 Å². The van der Waals surface area contributed by atoms with Crippen molar-refractivity contribution in [2.45, 2.75) is 12.8 Å². The summed E-state index contributed by atoms with van der Waals surface area (Å²) >= 11 is 0. The minimum atomic E-state index is -0.0361. The van der Waals surface area contributed by atoms with Gasteiger partial charge in [0.05, 0.1) is 19.0 Å². The predicted molar refractivity (Wildman–Crippen MR) is 60.7 cm³/mol. The first-order chi connectivity index (χ1) is 7.72. The fourth-order valence-corrected chi connectivity index (χ4v) is 1.38. The van der Waals surface area contributed by atoms with Crippen molar-refractivity contribution in [3.63, 3.8) is 0 Å². The highest BCUT2D eigenvalue weighted by atomic mass is 16.1. The molecule has 0 aliphatic carbocycles. The third-order valence-corrected chi connectivity index (χ3v) is 2.20. The van der Waals surface area contributed by atoms with E-state index in [1.54, 1.807) is 6.20 Å². The van der Waals surface area contributed by atoms with Crippen molar-refractivity contribution in [2.75, 3.05) is 20.1 Å². The lowest BCUT2D eigenvalue weighted by molar-refractivity contribution is -0.118. The molecule has 1 rings (SSSR count). The van der Waals surface area contributed by atoms with Crippen LogP contribution in [0.2, 0.25) is 0 Å². The van der Waals surface area contributed by atoms with Crippen molar-refractivity contribution >= 4 is 5.78 Å². The van der Waals surface area contributed by atoms with Crippen molar-refractivity contribution < 1.29 is 4.79 Å². The van der Waals surface area contributed by atoms with Crippen LogP contribution in [-0.4, -0.2) is 35.8 Å². The van der Waals surface area contributed by atoms with Gasteiger partial charge in [-0.25, -0.2) is 0 Å². The largest absolute Gasteiger partial charge is 0.299 e. The molecule has 0 saturated heterocycles. The second-order valence-electron chi connectivity index (χ2n) is 3.68. The van der Waals surface area contributed by atoms with Gasteiger partial charge in [-0.1, -0.05) is 6.07 Å². The second-order valence-corrected chi connectivity index (χ2v) is 3.68. The van der Waals surface area contributed by atoms with Gasteiger partial charge in [-0.2, -0.15) is 5.26 Å². The Morgan fingerprint density at radius 1 is 1.56 bits per heavy atom. The van der Waals surface area contributed by atoms with Gasteiger partial charge in [-0.3, -0.25) is 14.7 Å². The Labute approximate surface area is 95.5 Å². The Morgan fingerprint density at radius 2 is 2.38 bits per heavy atom. The van der Waals surface area contributed by atoms with E-state index in [4.69, 9.17) is 5.26 Å². The average molecular weight is 217 g/mol. The summed E-state index contributed by atoms with van der Waals surface area (Å²) in [5, 5.41) is 8.36. The minimum Gasteiger partial charge on any atom is -0.299 e. The van der Waals surface area contributed by atoms with Crippen molar-refractivity contribution in [1.29, 1.82) is 5.26 Å². The summed E-state index contributed by atoms with van der Waals surface area (Å²) in [5.74, 6) is -0.0361. The van der Waals surface area contributed by atoms with E-state index in [0.29, 0.717) is 6.54 Å². The van der Waals surface area contributed by atoms with Crippen LogP contribution in [0.25, 0.3) is 0 Å². The number of nitrogens with zero attached hydrogens (tertiary/aromatic N) is 3. The lowest BCUT2D eigenvalue weighted by atomic mass is 10.2. The number of hydrogen-bond acceptors (Lipinski definition) is 4. The van der Waals surface area contributed by atoms with Crippen molar-refractivity contribution in [2.24, 2.45) is 0 Å². The van der Waals surface area contributed by atoms with Gasteiger partial charge >= 0.3 is 0 Å². The molecule has 0 aromatic carbocycles. The van der Waals surface area contributed by atoms with Gasteiger partial charge in [0.15, 0.2) is 5.78 Å². The van der Waals surface area contributed by atoms with E-state index in [0.717, 1.165) is 18.7 Å². The van der Waals surface area contributed by atoms with E-state index in [2.05, 4.69) is 4.98 Å². The van der Waals surface area contributed by atoms with Gasteiger partial charge in [0.1, 0.15) is 0 Å². The van der Waals surface area contributed by atoms with Crippen molar-refractivity contribution in [3.05, 3.63) is 30.1 Å². The Bertz CT molecular complexity index is 370. The fourth-order valence-electron chi connectivity index (χ4n) is 1.38. The first-order valence-corrected chi connectivity index (χ1v) is 5.19. The van der Waals surface area contributed by atoms with Crippen LogP contribution in [0.3, 0.4) is 0 Å². The van der Waals surface area contributed by atoms with E-state index in [9.17, 15) is 4.79 Å². The molecule has 0 aliphatic heterocycles. The van der Waals surface area contributed by atoms with Crippen LogP contribution >= 0.6 is 0 Å². The normalized spacial score (nSPS) is 10.1. The van der Waals surface area contributed by atoms with Crippen LogP contribution in [0.15, 0.2) is 24.4 Å². The lowest BCUT2D eigenvalue weighted by Gasteiger charge is -2.14. The molecule has 0 N–H and O–H groups in total. The smallest absolute Gasteiger partial charge is 0.160 e. The minimum absolute atomic E-state index is 0.00602. The Hall–Kier alpha value is -1.73. The molecule has 0 fully saturated rings. The fraction of sp³-hybridized carbons (Fsp3) is 0.417. The molecule has 0 saturated carbocycles. The lowest BCUT2D eigenvalue weighted by Crippen LogP contribution is -2.27. The van der Waals surface area contributed by atoms with Crippen molar-refractivity contribution in [1.82, 2.24) is 9.88 Å². The number of carbonyl (C=O) groups is 1. The van der Waals surface area contributed by atoms with Crippen LogP contribution in [0.5, 0.6) is 0 Å². The van der Waals surface area contributed by atoms with Gasteiger partial charge in [0, 0.05) is 24.9 Å². The van der Waals surface area contributed by atoms with Crippen LogP contribution in [0, 0.1) is 11.3 Å². The van der Waals surface area contributed by atoms with E-state index in [1.807, 2.05) is 36.2 Å². The number of carbonyl (C=O) groups excluding carboxylic acids is 1. The second kappa shape index (κ2) is 6.70.